The molecule has 5 heteroatoms. The van der Waals surface area contributed by atoms with Crippen molar-refractivity contribution < 1.29 is 14.3 Å². The zero-order valence-electron chi connectivity index (χ0n) is 12.7. The molecule has 0 aliphatic heterocycles. The zero-order valence-corrected chi connectivity index (χ0v) is 12.7. The summed E-state index contributed by atoms with van der Waals surface area (Å²) in [4.78, 5) is 15.9. The third kappa shape index (κ3) is 3.40. The van der Waals surface area contributed by atoms with E-state index in [0.717, 1.165) is 11.3 Å². The van der Waals surface area contributed by atoms with Gasteiger partial charge in [0.15, 0.2) is 0 Å². The SMILES string of the molecule is COC(=O)c1ccc(-n2ccnc2)cc1OCc1ccccc1. The van der Waals surface area contributed by atoms with Crippen LogP contribution in [0.4, 0.5) is 0 Å². The number of methoxy groups -OCH3 is 1. The van der Waals surface area contributed by atoms with Gasteiger partial charge in [0.05, 0.1) is 19.1 Å². The van der Waals surface area contributed by atoms with Gasteiger partial charge in [-0.15, -0.1) is 0 Å². The van der Waals surface area contributed by atoms with Crippen LogP contribution in [-0.4, -0.2) is 22.6 Å². The van der Waals surface area contributed by atoms with Crippen LogP contribution >= 0.6 is 0 Å². The van der Waals surface area contributed by atoms with E-state index in [4.69, 9.17) is 9.47 Å². The number of imidazole rings is 1. The number of esters is 1. The maximum atomic E-state index is 11.9. The molecule has 1 heterocycles. The van der Waals surface area contributed by atoms with Crippen molar-refractivity contribution in [3.05, 3.63) is 78.4 Å². The Hall–Kier alpha value is -3.08. The fraction of sp³-hybridized carbons (Fsp3) is 0.111. The first-order valence-corrected chi connectivity index (χ1v) is 7.15. The molecule has 3 rings (SSSR count). The lowest BCUT2D eigenvalue weighted by molar-refractivity contribution is 0.0595. The molecule has 2 aromatic carbocycles. The molecule has 0 radical (unpaired) electrons. The third-order valence-electron chi connectivity index (χ3n) is 3.41. The average Bonchev–Trinajstić information content (AvgIpc) is 3.14. The molecular formula is C18H16N2O3. The van der Waals surface area contributed by atoms with Gasteiger partial charge in [-0.1, -0.05) is 30.3 Å². The van der Waals surface area contributed by atoms with Crippen LogP contribution in [0.1, 0.15) is 15.9 Å². The van der Waals surface area contributed by atoms with Crippen molar-refractivity contribution >= 4 is 5.97 Å². The van der Waals surface area contributed by atoms with Gasteiger partial charge in [0, 0.05) is 18.5 Å². The van der Waals surface area contributed by atoms with E-state index in [9.17, 15) is 4.79 Å². The van der Waals surface area contributed by atoms with Crippen LogP contribution in [0.3, 0.4) is 0 Å². The molecule has 0 bridgehead atoms. The molecule has 0 atom stereocenters. The molecule has 23 heavy (non-hydrogen) atoms. The van der Waals surface area contributed by atoms with Gasteiger partial charge >= 0.3 is 5.97 Å². The molecule has 0 aliphatic carbocycles. The number of nitrogens with zero attached hydrogens (tertiary/aromatic N) is 2. The van der Waals surface area contributed by atoms with Crippen LogP contribution in [0.5, 0.6) is 5.75 Å². The number of rotatable bonds is 5. The van der Waals surface area contributed by atoms with Crippen LogP contribution < -0.4 is 4.74 Å². The summed E-state index contributed by atoms with van der Waals surface area (Å²) in [5, 5.41) is 0. The molecule has 0 aliphatic rings. The van der Waals surface area contributed by atoms with Gasteiger partial charge in [-0.25, -0.2) is 9.78 Å². The quantitative estimate of drug-likeness (QED) is 0.679. The van der Waals surface area contributed by atoms with Gasteiger partial charge in [-0.3, -0.25) is 0 Å². The highest BCUT2D eigenvalue weighted by Gasteiger charge is 2.14. The second kappa shape index (κ2) is 6.79. The number of ether oxygens (including phenoxy) is 2. The number of benzene rings is 2. The normalized spacial score (nSPS) is 10.3. The Morgan fingerprint density at radius 3 is 2.70 bits per heavy atom. The molecule has 0 saturated carbocycles. The molecule has 0 fully saturated rings. The third-order valence-corrected chi connectivity index (χ3v) is 3.41. The van der Waals surface area contributed by atoms with Crippen molar-refractivity contribution in [3.63, 3.8) is 0 Å². The van der Waals surface area contributed by atoms with Crippen LogP contribution in [0.15, 0.2) is 67.3 Å². The Labute approximate surface area is 134 Å². The average molecular weight is 308 g/mol. The lowest BCUT2D eigenvalue weighted by atomic mass is 10.1. The highest BCUT2D eigenvalue weighted by molar-refractivity contribution is 5.92. The summed E-state index contributed by atoms with van der Waals surface area (Å²) >= 11 is 0. The molecular weight excluding hydrogens is 292 g/mol. The number of hydrogen-bond donors (Lipinski definition) is 0. The first-order valence-electron chi connectivity index (χ1n) is 7.15. The highest BCUT2D eigenvalue weighted by atomic mass is 16.5. The lowest BCUT2D eigenvalue weighted by Gasteiger charge is -2.12. The Morgan fingerprint density at radius 1 is 1.17 bits per heavy atom. The highest BCUT2D eigenvalue weighted by Crippen LogP contribution is 2.24. The van der Waals surface area contributed by atoms with Gasteiger partial charge in [-0.2, -0.15) is 0 Å². The van der Waals surface area contributed by atoms with Gasteiger partial charge in [0.1, 0.15) is 17.9 Å². The second-order valence-corrected chi connectivity index (χ2v) is 4.92. The predicted octanol–water partition coefficient (Wildman–Crippen LogP) is 3.24. The van der Waals surface area contributed by atoms with E-state index < -0.39 is 5.97 Å². The summed E-state index contributed by atoms with van der Waals surface area (Å²) in [6, 6.07) is 15.1. The summed E-state index contributed by atoms with van der Waals surface area (Å²) in [6.45, 7) is 0.373. The Balaban J connectivity index is 1.90. The van der Waals surface area contributed by atoms with Crippen molar-refractivity contribution in [3.8, 4) is 11.4 Å². The number of aromatic nitrogens is 2. The van der Waals surface area contributed by atoms with Crippen molar-refractivity contribution in [2.45, 2.75) is 6.61 Å². The Kier molecular flexibility index (Phi) is 4.38. The maximum absolute atomic E-state index is 11.9. The van der Waals surface area contributed by atoms with E-state index >= 15 is 0 Å². The van der Waals surface area contributed by atoms with Gasteiger partial charge in [0.25, 0.3) is 0 Å². The van der Waals surface area contributed by atoms with E-state index in [0.29, 0.717) is 17.9 Å². The van der Waals surface area contributed by atoms with Crippen molar-refractivity contribution in [1.82, 2.24) is 9.55 Å². The van der Waals surface area contributed by atoms with Crippen molar-refractivity contribution in [2.24, 2.45) is 0 Å². The van der Waals surface area contributed by atoms with Crippen LogP contribution in [0, 0.1) is 0 Å². The molecule has 0 unspecified atom stereocenters. The molecule has 0 saturated heterocycles. The molecule has 116 valence electrons. The van der Waals surface area contributed by atoms with E-state index in [1.54, 1.807) is 24.7 Å². The zero-order chi connectivity index (χ0) is 16.1. The van der Waals surface area contributed by atoms with E-state index in [2.05, 4.69) is 4.98 Å². The van der Waals surface area contributed by atoms with E-state index in [1.165, 1.54) is 7.11 Å². The predicted molar refractivity (Wildman–Crippen MR) is 85.7 cm³/mol. The largest absolute Gasteiger partial charge is 0.488 e. The maximum Gasteiger partial charge on any atom is 0.341 e. The summed E-state index contributed by atoms with van der Waals surface area (Å²) in [7, 11) is 1.35. The minimum Gasteiger partial charge on any atom is -0.488 e. The van der Waals surface area contributed by atoms with Gasteiger partial charge in [0.2, 0.25) is 0 Å². The minimum absolute atomic E-state index is 0.373. The monoisotopic (exact) mass is 308 g/mol. The summed E-state index contributed by atoms with van der Waals surface area (Å²) in [6.07, 6.45) is 5.21. The smallest absolute Gasteiger partial charge is 0.341 e. The Bertz CT molecular complexity index is 783. The van der Waals surface area contributed by atoms with Crippen molar-refractivity contribution in [2.75, 3.05) is 7.11 Å². The number of carbonyl (C=O) groups excluding carboxylic acids is 1. The molecule has 3 aromatic rings. The van der Waals surface area contributed by atoms with E-state index in [-0.39, 0.29) is 0 Å². The summed E-state index contributed by atoms with van der Waals surface area (Å²) in [5.41, 5.74) is 2.28. The van der Waals surface area contributed by atoms with Gasteiger partial charge < -0.3 is 14.0 Å². The number of carbonyl (C=O) groups is 1. The molecule has 0 spiro atoms. The fourth-order valence-electron chi connectivity index (χ4n) is 2.22. The lowest BCUT2D eigenvalue weighted by Crippen LogP contribution is -2.07. The topological polar surface area (TPSA) is 53.4 Å². The second-order valence-electron chi connectivity index (χ2n) is 4.92. The Morgan fingerprint density at radius 2 is 2.00 bits per heavy atom. The molecule has 0 amide bonds. The standard InChI is InChI=1S/C18H16N2O3/c1-22-18(21)16-8-7-15(20-10-9-19-13-20)11-17(16)23-12-14-5-3-2-4-6-14/h2-11,13H,12H2,1H3. The summed E-state index contributed by atoms with van der Waals surface area (Å²) < 4.78 is 12.5. The minimum atomic E-state index is -0.426. The van der Waals surface area contributed by atoms with E-state index in [1.807, 2.05) is 47.2 Å². The molecule has 1 aromatic heterocycles. The fourth-order valence-corrected chi connectivity index (χ4v) is 2.22. The number of hydrogen-bond acceptors (Lipinski definition) is 4. The molecule has 0 N–H and O–H groups in total. The van der Waals surface area contributed by atoms with Crippen LogP contribution in [0.2, 0.25) is 0 Å². The molecule has 5 nitrogen and oxygen atoms in total. The van der Waals surface area contributed by atoms with Gasteiger partial charge in [-0.05, 0) is 17.7 Å². The summed E-state index contributed by atoms with van der Waals surface area (Å²) in [5.74, 6) is 0.0529. The first kappa shape index (κ1) is 14.8. The van der Waals surface area contributed by atoms with Crippen LogP contribution in [0.25, 0.3) is 5.69 Å². The van der Waals surface area contributed by atoms with Crippen LogP contribution in [-0.2, 0) is 11.3 Å². The van der Waals surface area contributed by atoms with Crippen molar-refractivity contribution in [1.29, 1.82) is 0 Å². The first-order chi connectivity index (χ1) is 11.3.